The second-order valence-corrected chi connectivity index (χ2v) is 10.2. The number of aliphatic hydroxyl groups excluding tert-OH is 2. The zero-order valence-electron chi connectivity index (χ0n) is 19.9. The van der Waals surface area contributed by atoms with Crippen molar-refractivity contribution in [3.05, 3.63) is 104 Å². The second-order valence-electron chi connectivity index (χ2n) is 8.65. The van der Waals surface area contributed by atoms with Crippen molar-refractivity contribution in [3.8, 4) is 0 Å². The number of benzene rings is 2. The van der Waals surface area contributed by atoms with Crippen LogP contribution < -0.4 is 10.7 Å². The van der Waals surface area contributed by atoms with E-state index < -0.39 is 12.0 Å². The Balaban J connectivity index is 1.54. The summed E-state index contributed by atoms with van der Waals surface area (Å²) in [6.45, 7) is 1.35. The number of aromatic nitrogens is 1. The average Bonchev–Trinajstić information content (AvgIpc) is 3.30. The van der Waals surface area contributed by atoms with Crippen molar-refractivity contribution in [1.29, 1.82) is 0 Å². The predicted octanol–water partition coefficient (Wildman–Crippen LogP) is 3.80. The normalized spacial score (nSPS) is 12.2. The third-order valence-electron chi connectivity index (χ3n) is 5.85. The minimum Gasteiger partial charge on any atom is -0.395 e. The third-order valence-corrected chi connectivity index (χ3v) is 7.25. The van der Waals surface area contributed by atoms with Crippen LogP contribution in [0.2, 0.25) is 5.02 Å². The van der Waals surface area contributed by atoms with Gasteiger partial charge in [-0.3, -0.25) is 14.5 Å². The van der Waals surface area contributed by atoms with E-state index in [1.807, 2.05) is 54.4 Å². The molecule has 2 heterocycles. The maximum atomic E-state index is 13.2. The molecule has 0 saturated heterocycles. The number of carbonyl (C=O) groups is 1. The van der Waals surface area contributed by atoms with Crippen LogP contribution in [-0.4, -0.2) is 45.8 Å². The Labute approximate surface area is 218 Å². The highest BCUT2D eigenvalue weighted by atomic mass is 35.5. The highest BCUT2D eigenvalue weighted by Gasteiger charge is 2.19. The lowest BCUT2D eigenvalue weighted by Crippen LogP contribution is -2.29. The van der Waals surface area contributed by atoms with Crippen LogP contribution in [0.15, 0.2) is 71.7 Å². The molecule has 3 N–H and O–H groups in total. The van der Waals surface area contributed by atoms with Crippen molar-refractivity contribution in [2.75, 3.05) is 20.2 Å². The summed E-state index contributed by atoms with van der Waals surface area (Å²) in [5, 5.41) is 24.0. The molecule has 9 heteroatoms. The first-order valence-electron chi connectivity index (χ1n) is 11.6. The molecule has 0 bridgehead atoms. The van der Waals surface area contributed by atoms with Gasteiger partial charge >= 0.3 is 0 Å². The van der Waals surface area contributed by atoms with Gasteiger partial charge in [-0.05, 0) is 36.4 Å². The van der Waals surface area contributed by atoms with Crippen molar-refractivity contribution in [2.45, 2.75) is 25.7 Å². The van der Waals surface area contributed by atoms with Gasteiger partial charge in [0.15, 0.2) is 0 Å². The van der Waals surface area contributed by atoms with Crippen LogP contribution in [0.5, 0.6) is 0 Å². The molecule has 0 fully saturated rings. The molecule has 0 aliphatic rings. The molecular weight excluding hydrogens is 498 g/mol. The number of amides is 1. The second kappa shape index (κ2) is 11.8. The van der Waals surface area contributed by atoms with E-state index in [0.717, 1.165) is 16.0 Å². The van der Waals surface area contributed by atoms with E-state index in [1.54, 1.807) is 22.8 Å². The van der Waals surface area contributed by atoms with E-state index in [2.05, 4.69) is 5.32 Å². The van der Waals surface area contributed by atoms with Crippen LogP contribution in [0.1, 0.15) is 32.5 Å². The van der Waals surface area contributed by atoms with Crippen LogP contribution in [0, 0.1) is 0 Å². The summed E-state index contributed by atoms with van der Waals surface area (Å²) in [6.07, 6.45) is 0.886. The van der Waals surface area contributed by atoms with Crippen molar-refractivity contribution >= 4 is 39.1 Å². The molecule has 2 aromatic heterocycles. The first kappa shape index (κ1) is 26.1. The first-order valence-corrected chi connectivity index (χ1v) is 12.8. The summed E-state index contributed by atoms with van der Waals surface area (Å²) in [6, 6.07) is 18.4. The zero-order valence-corrected chi connectivity index (χ0v) is 21.4. The summed E-state index contributed by atoms with van der Waals surface area (Å²) in [5.41, 5.74) is 1.39. The Hall–Kier alpha value is -3.01. The Bertz CT molecular complexity index is 1390. The molecule has 0 aliphatic carbocycles. The highest BCUT2D eigenvalue weighted by molar-refractivity contribution is 7.18. The van der Waals surface area contributed by atoms with Crippen LogP contribution in [0.3, 0.4) is 0 Å². The number of rotatable bonds is 10. The minimum absolute atomic E-state index is 0.0297. The lowest BCUT2D eigenvalue weighted by Gasteiger charge is -2.20. The number of hydrogen-bond acceptors (Lipinski definition) is 6. The number of pyridine rings is 1. The van der Waals surface area contributed by atoms with E-state index >= 15 is 0 Å². The van der Waals surface area contributed by atoms with Gasteiger partial charge in [0.2, 0.25) is 5.43 Å². The Morgan fingerprint density at radius 1 is 1.17 bits per heavy atom. The topological polar surface area (TPSA) is 94.8 Å². The van der Waals surface area contributed by atoms with Gasteiger partial charge in [0, 0.05) is 42.3 Å². The lowest BCUT2D eigenvalue weighted by atomic mass is 10.1. The van der Waals surface area contributed by atoms with Gasteiger partial charge in [-0.2, -0.15) is 0 Å². The van der Waals surface area contributed by atoms with E-state index in [0.29, 0.717) is 28.3 Å². The van der Waals surface area contributed by atoms with Crippen molar-refractivity contribution in [2.24, 2.45) is 0 Å². The molecule has 0 radical (unpaired) electrons. The molecule has 188 valence electrons. The number of nitrogens with zero attached hydrogens (tertiary/aromatic N) is 2. The number of thiophene rings is 1. The zero-order chi connectivity index (χ0) is 25.7. The molecule has 4 aromatic rings. The molecule has 1 atom stereocenters. The van der Waals surface area contributed by atoms with Gasteiger partial charge in [-0.1, -0.05) is 54.1 Å². The maximum absolute atomic E-state index is 13.2. The summed E-state index contributed by atoms with van der Waals surface area (Å²) >= 11 is 7.36. The fourth-order valence-corrected chi connectivity index (χ4v) is 5.38. The molecule has 7 nitrogen and oxygen atoms in total. The standard InChI is InChI=1S/C27H28ClN3O4S/c1-30(17-24(33)19-5-3-2-4-6-19)15-21-13-22-25(34)23(16-31(11-12-32)27(22)36-21)26(35)29-14-18-7-9-20(28)10-8-18/h2-10,13,16,24,32-33H,11-12,14-15,17H2,1H3,(H,29,35)/t24-/m1/s1. The molecule has 0 unspecified atom stereocenters. The van der Waals surface area contributed by atoms with Gasteiger partial charge in [-0.25, -0.2) is 0 Å². The Kier molecular flexibility index (Phi) is 8.56. The van der Waals surface area contributed by atoms with E-state index in [1.165, 1.54) is 17.5 Å². The fourth-order valence-electron chi connectivity index (χ4n) is 4.03. The van der Waals surface area contributed by atoms with Gasteiger partial charge in [0.1, 0.15) is 10.4 Å². The number of hydrogen-bond donors (Lipinski definition) is 3. The lowest BCUT2D eigenvalue weighted by molar-refractivity contribution is 0.0949. The van der Waals surface area contributed by atoms with E-state index in [4.69, 9.17) is 11.6 Å². The molecule has 0 saturated carbocycles. The van der Waals surface area contributed by atoms with Crippen LogP contribution >= 0.6 is 22.9 Å². The van der Waals surface area contributed by atoms with Crippen molar-refractivity contribution < 1.29 is 15.0 Å². The minimum atomic E-state index is -0.629. The Morgan fingerprint density at radius 2 is 1.89 bits per heavy atom. The maximum Gasteiger partial charge on any atom is 0.257 e. The summed E-state index contributed by atoms with van der Waals surface area (Å²) < 4.78 is 1.75. The van der Waals surface area contributed by atoms with Crippen LogP contribution in [-0.2, 0) is 19.6 Å². The monoisotopic (exact) mass is 525 g/mol. The molecule has 36 heavy (non-hydrogen) atoms. The SMILES string of the molecule is CN(Cc1cc2c(=O)c(C(=O)NCc3ccc(Cl)cc3)cn(CCO)c2s1)C[C@@H](O)c1ccccc1. The van der Waals surface area contributed by atoms with E-state index in [9.17, 15) is 19.8 Å². The number of halogens is 1. The largest absolute Gasteiger partial charge is 0.395 e. The number of likely N-dealkylation sites (N-methyl/N-ethyl adjacent to an activating group) is 1. The number of carbonyl (C=O) groups excluding carboxylic acids is 1. The van der Waals surface area contributed by atoms with Crippen molar-refractivity contribution in [1.82, 2.24) is 14.8 Å². The fraction of sp³-hybridized carbons (Fsp3) is 0.259. The summed E-state index contributed by atoms with van der Waals surface area (Å²) in [7, 11) is 1.91. The van der Waals surface area contributed by atoms with Gasteiger partial charge in [0.25, 0.3) is 5.91 Å². The van der Waals surface area contributed by atoms with Crippen molar-refractivity contribution in [3.63, 3.8) is 0 Å². The average molecular weight is 526 g/mol. The molecule has 0 spiro atoms. The predicted molar refractivity (Wildman–Crippen MR) is 144 cm³/mol. The number of fused-ring (bicyclic) bond motifs is 1. The smallest absolute Gasteiger partial charge is 0.257 e. The highest BCUT2D eigenvalue weighted by Crippen LogP contribution is 2.26. The number of aliphatic hydroxyl groups is 2. The molecule has 4 rings (SSSR count). The summed E-state index contributed by atoms with van der Waals surface area (Å²) in [5.74, 6) is -0.473. The van der Waals surface area contributed by atoms with E-state index in [-0.39, 0.29) is 30.7 Å². The quantitative estimate of drug-likeness (QED) is 0.293. The van der Waals surface area contributed by atoms with Crippen LogP contribution in [0.25, 0.3) is 10.2 Å². The molecular formula is C27H28ClN3O4S. The number of nitrogens with one attached hydrogen (secondary N) is 1. The first-order chi connectivity index (χ1) is 17.4. The van der Waals surface area contributed by atoms with Gasteiger partial charge < -0.3 is 20.1 Å². The molecule has 1 amide bonds. The van der Waals surface area contributed by atoms with Crippen LogP contribution in [0.4, 0.5) is 0 Å². The third kappa shape index (κ3) is 6.21. The summed E-state index contributed by atoms with van der Waals surface area (Å²) in [4.78, 5) is 29.8. The van der Waals surface area contributed by atoms with Gasteiger partial charge in [0.05, 0.1) is 18.1 Å². The van der Waals surface area contributed by atoms with Gasteiger partial charge in [-0.15, -0.1) is 11.3 Å². The molecule has 0 aliphatic heterocycles. The Morgan fingerprint density at radius 3 is 2.58 bits per heavy atom. The molecule has 2 aromatic carbocycles.